The maximum Gasteiger partial charge on any atom is 0.160 e. The van der Waals surface area contributed by atoms with Crippen molar-refractivity contribution in [3.63, 3.8) is 0 Å². The van der Waals surface area contributed by atoms with Gasteiger partial charge in [0.1, 0.15) is 5.82 Å². The number of aromatic nitrogens is 3. The van der Waals surface area contributed by atoms with Crippen LogP contribution in [0.2, 0.25) is 5.02 Å². The summed E-state index contributed by atoms with van der Waals surface area (Å²) in [5, 5.41) is 12.5. The number of hydrogen-bond donors (Lipinski definition) is 1. The molecular weight excluding hydrogens is 352 g/mol. The first-order valence-electron chi connectivity index (χ1n) is 6.67. The number of fused-ring (bicyclic) bond motifs is 1. The van der Waals surface area contributed by atoms with E-state index in [0.717, 1.165) is 46.0 Å². The van der Waals surface area contributed by atoms with Gasteiger partial charge in [-0.1, -0.05) is 33.6 Å². The third-order valence-electron chi connectivity index (χ3n) is 3.23. The van der Waals surface area contributed by atoms with E-state index < -0.39 is 0 Å². The van der Waals surface area contributed by atoms with Crippen LogP contribution in [0.25, 0.3) is 5.65 Å². The van der Waals surface area contributed by atoms with Crippen LogP contribution in [-0.4, -0.2) is 21.1 Å². The van der Waals surface area contributed by atoms with Gasteiger partial charge in [-0.3, -0.25) is 4.40 Å². The molecule has 3 aromatic rings. The Kier molecular flexibility index (Phi) is 4.53. The van der Waals surface area contributed by atoms with Gasteiger partial charge in [0.2, 0.25) is 0 Å². The summed E-state index contributed by atoms with van der Waals surface area (Å²) < 4.78 is 3.04. The molecule has 2 heterocycles. The highest BCUT2D eigenvalue weighted by molar-refractivity contribution is 9.10. The summed E-state index contributed by atoms with van der Waals surface area (Å²) in [5.41, 5.74) is 1.96. The predicted octanol–water partition coefficient (Wildman–Crippen LogP) is 3.48. The van der Waals surface area contributed by atoms with Crippen LogP contribution in [0.4, 0.5) is 0 Å². The minimum absolute atomic E-state index is 0.731. The molecule has 0 aliphatic heterocycles. The molecule has 0 saturated heterocycles. The van der Waals surface area contributed by atoms with Gasteiger partial charge in [0.25, 0.3) is 0 Å². The molecule has 2 aromatic heterocycles. The largest absolute Gasteiger partial charge is 0.312 e. The fraction of sp³-hybridized carbons (Fsp3) is 0.200. The lowest BCUT2D eigenvalue weighted by Crippen LogP contribution is -2.18. The van der Waals surface area contributed by atoms with Gasteiger partial charge in [0.05, 0.1) is 0 Å². The smallest absolute Gasteiger partial charge is 0.160 e. The van der Waals surface area contributed by atoms with Gasteiger partial charge in [0.15, 0.2) is 5.65 Å². The number of pyridine rings is 1. The summed E-state index contributed by atoms with van der Waals surface area (Å²) in [4.78, 5) is 0. The lowest BCUT2D eigenvalue weighted by molar-refractivity contribution is 0.667. The number of nitrogens with zero attached hydrogens (tertiary/aromatic N) is 3. The van der Waals surface area contributed by atoms with Gasteiger partial charge >= 0.3 is 0 Å². The predicted molar refractivity (Wildman–Crippen MR) is 87.5 cm³/mol. The minimum Gasteiger partial charge on any atom is -0.312 e. The second-order valence-corrected chi connectivity index (χ2v) is 6.03. The number of benzene rings is 1. The van der Waals surface area contributed by atoms with Crippen LogP contribution in [0.3, 0.4) is 0 Å². The first-order valence-corrected chi connectivity index (χ1v) is 7.84. The third kappa shape index (κ3) is 3.43. The van der Waals surface area contributed by atoms with Gasteiger partial charge in [-0.25, -0.2) is 0 Å². The van der Waals surface area contributed by atoms with Crippen molar-refractivity contribution < 1.29 is 0 Å². The molecule has 0 amide bonds. The Balaban J connectivity index is 1.58. The van der Waals surface area contributed by atoms with E-state index in [1.165, 1.54) is 0 Å². The Bertz CT molecular complexity index is 756. The highest BCUT2D eigenvalue weighted by atomic mass is 79.9. The van der Waals surface area contributed by atoms with Crippen molar-refractivity contribution in [3.05, 3.63) is 63.5 Å². The van der Waals surface area contributed by atoms with Crippen molar-refractivity contribution in [2.45, 2.75) is 13.0 Å². The highest BCUT2D eigenvalue weighted by Crippen LogP contribution is 2.20. The maximum atomic E-state index is 6.17. The van der Waals surface area contributed by atoms with Crippen LogP contribution in [0.15, 0.2) is 47.1 Å². The number of hydrogen-bond acceptors (Lipinski definition) is 3. The Morgan fingerprint density at radius 3 is 3.00 bits per heavy atom. The van der Waals surface area contributed by atoms with E-state index in [9.17, 15) is 0 Å². The zero-order valence-electron chi connectivity index (χ0n) is 11.3. The summed E-state index contributed by atoms with van der Waals surface area (Å²) in [6, 6.07) is 11.8. The molecule has 0 aliphatic carbocycles. The molecule has 21 heavy (non-hydrogen) atoms. The van der Waals surface area contributed by atoms with E-state index in [1.807, 2.05) is 47.0 Å². The van der Waals surface area contributed by atoms with E-state index in [2.05, 4.69) is 31.4 Å². The van der Waals surface area contributed by atoms with Gasteiger partial charge < -0.3 is 5.32 Å². The molecule has 1 N–H and O–H groups in total. The molecule has 6 heteroatoms. The van der Waals surface area contributed by atoms with Crippen molar-refractivity contribution in [1.82, 2.24) is 19.9 Å². The highest BCUT2D eigenvalue weighted by Gasteiger charge is 2.05. The molecule has 0 spiro atoms. The van der Waals surface area contributed by atoms with E-state index in [-0.39, 0.29) is 0 Å². The fourth-order valence-electron chi connectivity index (χ4n) is 2.16. The standard InChI is InChI=1S/C15H14BrClN4/c16-12-4-5-13(17)11(9-12)10-18-7-6-15-20-19-14-3-1-2-8-21(14)15/h1-5,8-9,18H,6-7,10H2. The van der Waals surface area contributed by atoms with E-state index in [4.69, 9.17) is 11.6 Å². The summed E-state index contributed by atoms with van der Waals surface area (Å²) >= 11 is 9.62. The molecule has 4 nitrogen and oxygen atoms in total. The maximum absolute atomic E-state index is 6.17. The summed E-state index contributed by atoms with van der Waals surface area (Å²) in [6.07, 6.45) is 2.80. The quantitative estimate of drug-likeness (QED) is 0.704. The molecular formula is C15H14BrClN4. The first kappa shape index (κ1) is 14.5. The van der Waals surface area contributed by atoms with Crippen molar-refractivity contribution in [2.75, 3.05) is 6.54 Å². The first-order chi connectivity index (χ1) is 10.2. The van der Waals surface area contributed by atoms with Crippen LogP contribution in [-0.2, 0) is 13.0 Å². The molecule has 0 saturated carbocycles. The second kappa shape index (κ2) is 6.56. The number of rotatable bonds is 5. The average Bonchev–Trinajstić information content (AvgIpc) is 2.90. The molecule has 0 bridgehead atoms. The molecule has 0 fully saturated rings. The summed E-state index contributed by atoms with van der Waals surface area (Å²) in [5.74, 6) is 0.957. The van der Waals surface area contributed by atoms with Crippen LogP contribution < -0.4 is 5.32 Å². The lowest BCUT2D eigenvalue weighted by Gasteiger charge is -2.07. The van der Waals surface area contributed by atoms with Gasteiger partial charge in [-0.15, -0.1) is 10.2 Å². The number of nitrogens with one attached hydrogen (secondary N) is 1. The van der Waals surface area contributed by atoms with Crippen molar-refractivity contribution >= 4 is 33.2 Å². The zero-order chi connectivity index (χ0) is 14.7. The summed E-state index contributed by atoms with van der Waals surface area (Å²) in [7, 11) is 0. The van der Waals surface area contributed by atoms with E-state index >= 15 is 0 Å². The molecule has 1 aromatic carbocycles. The van der Waals surface area contributed by atoms with Crippen LogP contribution in [0.1, 0.15) is 11.4 Å². The van der Waals surface area contributed by atoms with Crippen molar-refractivity contribution in [2.24, 2.45) is 0 Å². The Morgan fingerprint density at radius 1 is 1.19 bits per heavy atom. The van der Waals surface area contributed by atoms with Crippen LogP contribution in [0, 0.1) is 0 Å². The Hall–Kier alpha value is -1.43. The summed E-state index contributed by atoms with van der Waals surface area (Å²) in [6.45, 7) is 1.55. The lowest BCUT2D eigenvalue weighted by atomic mass is 10.2. The molecule has 0 radical (unpaired) electrons. The van der Waals surface area contributed by atoms with Gasteiger partial charge in [-0.2, -0.15) is 0 Å². The Morgan fingerprint density at radius 2 is 2.10 bits per heavy atom. The zero-order valence-corrected chi connectivity index (χ0v) is 13.6. The molecule has 0 aliphatic rings. The third-order valence-corrected chi connectivity index (χ3v) is 4.09. The van der Waals surface area contributed by atoms with Crippen LogP contribution >= 0.6 is 27.5 Å². The monoisotopic (exact) mass is 364 g/mol. The number of halogens is 2. The normalized spacial score (nSPS) is 11.1. The second-order valence-electron chi connectivity index (χ2n) is 4.71. The van der Waals surface area contributed by atoms with Gasteiger partial charge in [-0.05, 0) is 35.9 Å². The van der Waals surface area contributed by atoms with Crippen LogP contribution in [0.5, 0.6) is 0 Å². The van der Waals surface area contributed by atoms with E-state index in [1.54, 1.807) is 0 Å². The molecule has 0 atom stereocenters. The molecule has 108 valence electrons. The molecule has 0 unspecified atom stereocenters. The minimum atomic E-state index is 0.731. The molecule has 3 rings (SSSR count). The van der Waals surface area contributed by atoms with Gasteiger partial charge in [0, 0.05) is 35.2 Å². The van der Waals surface area contributed by atoms with Crippen molar-refractivity contribution in [1.29, 1.82) is 0 Å². The van der Waals surface area contributed by atoms with Crippen molar-refractivity contribution in [3.8, 4) is 0 Å². The fourth-order valence-corrected chi connectivity index (χ4v) is 2.76. The van der Waals surface area contributed by atoms with E-state index in [0.29, 0.717) is 0 Å². The average molecular weight is 366 g/mol. The topological polar surface area (TPSA) is 42.2 Å². The Labute approximate surface area is 136 Å². The SMILES string of the molecule is Clc1ccc(Br)cc1CNCCc1nnc2ccccn12.